The molecule has 2 fully saturated rings. The van der Waals surface area contributed by atoms with E-state index in [0.717, 1.165) is 0 Å². The van der Waals surface area contributed by atoms with Crippen molar-refractivity contribution in [2.75, 3.05) is 13.2 Å². The quantitative estimate of drug-likeness (QED) is 0.243. The zero-order valence-electron chi connectivity index (χ0n) is 12.0. The van der Waals surface area contributed by atoms with Gasteiger partial charge in [0.25, 0.3) is 0 Å². The van der Waals surface area contributed by atoms with Crippen molar-refractivity contribution < 1.29 is 55.1 Å². The van der Waals surface area contributed by atoms with Crippen molar-refractivity contribution >= 4 is 0 Å². The third kappa shape index (κ3) is 3.65. The summed E-state index contributed by atoms with van der Waals surface area (Å²) in [5, 5.41) is 76.8. The van der Waals surface area contributed by atoms with Crippen molar-refractivity contribution in [3.63, 3.8) is 0 Å². The molecule has 2 saturated heterocycles. The summed E-state index contributed by atoms with van der Waals surface area (Å²) in [6.07, 6.45) is -15.7. The highest BCUT2D eigenvalue weighted by Crippen LogP contribution is 2.28. The fourth-order valence-corrected chi connectivity index (χ4v) is 2.56. The molecule has 0 spiro atoms. The number of rotatable bonds is 4. The number of hydrogen-bond donors (Lipinski definition) is 8. The minimum atomic E-state index is -1.76. The molecule has 2 rings (SSSR count). The first-order valence-electron chi connectivity index (χ1n) is 7.08. The molecule has 11 heteroatoms. The second kappa shape index (κ2) is 7.63. The molecule has 2 heterocycles. The second-order valence-corrected chi connectivity index (χ2v) is 5.53. The molecule has 10 atom stereocenters. The van der Waals surface area contributed by atoms with Crippen molar-refractivity contribution in [2.45, 2.75) is 61.4 Å². The molecular weight excluding hydrogens is 320 g/mol. The standard InChI is InChI=1S/C12H22O11/c13-1-3-5(15)7(17)8(18)12(22-3)23-10-6(16)4(2-14)21-11(20)9(10)19/h3-20H,1-2H2/t3-,4-,5-,6+,7+,8-,9-,10+,11-,12+/m1/s1. The van der Waals surface area contributed by atoms with E-state index >= 15 is 0 Å². The zero-order valence-corrected chi connectivity index (χ0v) is 12.0. The SMILES string of the molecule is OC[C@H]1O[C@@H](O)[C@H](O)[C@@H](O[C@@H]2O[C@H](CO)[C@@H](O)[C@H](O)[C@H]2O)[C@H]1O. The van der Waals surface area contributed by atoms with E-state index in [1.165, 1.54) is 0 Å². The molecule has 0 radical (unpaired) electrons. The van der Waals surface area contributed by atoms with Gasteiger partial charge in [-0.3, -0.25) is 0 Å². The van der Waals surface area contributed by atoms with Gasteiger partial charge in [0.05, 0.1) is 13.2 Å². The van der Waals surface area contributed by atoms with Crippen molar-refractivity contribution in [1.29, 1.82) is 0 Å². The summed E-state index contributed by atoms with van der Waals surface area (Å²) >= 11 is 0. The lowest BCUT2D eigenvalue weighted by Crippen LogP contribution is -2.64. The zero-order chi connectivity index (χ0) is 17.3. The molecule has 0 unspecified atom stereocenters. The second-order valence-electron chi connectivity index (χ2n) is 5.53. The maximum atomic E-state index is 10.00. The Balaban J connectivity index is 2.11. The van der Waals surface area contributed by atoms with Crippen LogP contribution in [0.1, 0.15) is 0 Å². The van der Waals surface area contributed by atoms with E-state index < -0.39 is 74.6 Å². The number of hydrogen-bond acceptors (Lipinski definition) is 11. The predicted octanol–water partition coefficient (Wildman–Crippen LogP) is -5.40. The highest BCUT2D eigenvalue weighted by Gasteiger charge is 2.50. The molecule has 0 aromatic carbocycles. The first kappa shape index (κ1) is 18.9. The highest BCUT2D eigenvalue weighted by molar-refractivity contribution is 4.93. The fraction of sp³-hybridized carbons (Fsp3) is 1.00. The summed E-state index contributed by atoms with van der Waals surface area (Å²) in [6, 6.07) is 0. The lowest BCUT2D eigenvalue weighted by Gasteiger charge is -2.45. The van der Waals surface area contributed by atoms with Crippen LogP contribution in [0.2, 0.25) is 0 Å². The third-order valence-corrected chi connectivity index (χ3v) is 3.98. The molecule has 23 heavy (non-hydrogen) atoms. The molecular formula is C12H22O11. The monoisotopic (exact) mass is 342 g/mol. The van der Waals surface area contributed by atoms with Crippen LogP contribution in [0.4, 0.5) is 0 Å². The van der Waals surface area contributed by atoms with E-state index in [-0.39, 0.29) is 0 Å². The Morgan fingerprint density at radius 3 is 1.78 bits per heavy atom. The predicted molar refractivity (Wildman–Crippen MR) is 68.6 cm³/mol. The first-order chi connectivity index (χ1) is 10.8. The summed E-state index contributed by atoms with van der Waals surface area (Å²) in [5.41, 5.74) is 0. The maximum Gasteiger partial charge on any atom is 0.187 e. The Bertz CT molecular complexity index is 380. The summed E-state index contributed by atoms with van der Waals surface area (Å²) in [4.78, 5) is 0. The molecule has 2 aliphatic heterocycles. The lowest BCUT2D eigenvalue weighted by molar-refractivity contribution is -0.355. The molecule has 2 aliphatic rings. The Morgan fingerprint density at radius 2 is 1.22 bits per heavy atom. The van der Waals surface area contributed by atoms with E-state index in [9.17, 15) is 30.6 Å². The minimum Gasteiger partial charge on any atom is -0.394 e. The molecule has 0 aromatic rings. The molecule has 136 valence electrons. The van der Waals surface area contributed by atoms with Crippen molar-refractivity contribution in [3.05, 3.63) is 0 Å². The molecule has 0 aromatic heterocycles. The van der Waals surface area contributed by atoms with Gasteiger partial charge in [-0.1, -0.05) is 0 Å². The molecule has 0 saturated carbocycles. The molecule has 0 amide bonds. The van der Waals surface area contributed by atoms with Gasteiger partial charge in [-0.15, -0.1) is 0 Å². The number of aliphatic hydroxyl groups excluding tert-OH is 8. The van der Waals surface area contributed by atoms with Crippen LogP contribution in [0.15, 0.2) is 0 Å². The normalized spacial score (nSPS) is 51.7. The Kier molecular flexibility index (Phi) is 6.27. The molecule has 0 bridgehead atoms. The Morgan fingerprint density at radius 1 is 0.652 bits per heavy atom. The molecule has 11 nitrogen and oxygen atoms in total. The average Bonchev–Trinajstić information content (AvgIpc) is 2.54. The summed E-state index contributed by atoms with van der Waals surface area (Å²) in [5.74, 6) is 0. The molecule has 0 aliphatic carbocycles. The first-order valence-corrected chi connectivity index (χ1v) is 7.08. The van der Waals surface area contributed by atoms with E-state index in [4.69, 9.17) is 24.4 Å². The maximum absolute atomic E-state index is 10.00. The summed E-state index contributed by atoms with van der Waals surface area (Å²) in [6.45, 7) is -1.34. The van der Waals surface area contributed by atoms with Crippen molar-refractivity contribution in [2.24, 2.45) is 0 Å². The molecule has 8 N–H and O–H groups in total. The van der Waals surface area contributed by atoms with Gasteiger partial charge < -0.3 is 55.1 Å². The van der Waals surface area contributed by atoms with Crippen LogP contribution in [-0.4, -0.2) is 115 Å². The van der Waals surface area contributed by atoms with Crippen LogP contribution in [-0.2, 0) is 14.2 Å². The van der Waals surface area contributed by atoms with Crippen molar-refractivity contribution in [3.8, 4) is 0 Å². The van der Waals surface area contributed by atoms with Crippen LogP contribution in [0.5, 0.6) is 0 Å². The number of ether oxygens (including phenoxy) is 3. The third-order valence-electron chi connectivity index (χ3n) is 3.98. The van der Waals surface area contributed by atoms with Crippen LogP contribution < -0.4 is 0 Å². The van der Waals surface area contributed by atoms with Crippen LogP contribution >= 0.6 is 0 Å². The largest absolute Gasteiger partial charge is 0.394 e. The lowest BCUT2D eigenvalue weighted by atomic mass is 9.97. The van der Waals surface area contributed by atoms with Gasteiger partial charge in [0.1, 0.15) is 48.8 Å². The topological polar surface area (TPSA) is 190 Å². The average molecular weight is 342 g/mol. The van der Waals surface area contributed by atoms with Gasteiger partial charge in [0, 0.05) is 0 Å². The van der Waals surface area contributed by atoms with Crippen LogP contribution in [0.25, 0.3) is 0 Å². The fourth-order valence-electron chi connectivity index (χ4n) is 2.56. The number of aliphatic hydroxyl groups is 8. The Labute approximate surface area is 130 Å². The smallest absolute Gasteiger partial charge is 0.187 e. The summed E-state index contributed by atoms with van der Waals surface area (Å²) in [7, 11) is 0. The van der Waals surface area contributed by atoms with E-state index in [1.807, 2.05) is 0 Å². The van der Waals surface area contributed by atoms with Gasteiger partial charge >= 0.3 is 0 Å². The van der Waals surface area contributed by atoms with E-state index in [2.05, 4.69) is 0 Å². The van der Waals surface area contributed by atoms with Gasteiger partial charge in [0.15, 0.2) is 12.6 Å². The van der Waals surface area contributed by atoms with Crippen molar-refractivity contribution in [1.82, 2.24) is 0 Å². The highest BCUT2D eigenvalue weighted by atomic mass is 16.7. The van der Waals surface area contributed by atoms with Crippen LogP contribution in [0, 0.1) is 0 Å². The van der Waals surface area contributed by atoms with E-state index in [1.54, 1.807) is 0 Å². The van der Waals surface area contributed by atoms with Gasteiger partial charge in [-0.2, -0.15) is 0 Å². The summed E-state index contributed by atoms with van der Waals surface area (Å²) < 4.78 is 15.1. The minimum absolute atomic E-state index is 0.667. The van der Waals surface area contributed by atoms with Crippen LogP contribution in [0.3, 0.4) is 0 Å². The van der Waals surface area contributed by atoms with Gasteiger partial charge in [-0.05, 0) is 0 Å². The van der Waals surface area contributed by atoms with E-state index in [0.29, 0.717) is 0 Å². The Hall–Kier alpha value is -0.440. The van der Waals surface area contributed by atoms with Gasteiger partial charge in [-0.25, -0.2) is 0 Å². The van der Waals surface area contributed by atoms with Gasteiger partial charge in [0.2, 0.25) is 0 Å².